The Morgan fingerprint density at radius 3 is 2.86 bits per heavy atom. The van der Waals surface area contributed by atoms with Crippen molar-refractivity contribution < 1.29 is 4.79 Å². The van der Waals surface area contributed by atoms with Crippen LogP contribution in [0.3, 0.4) is 0 Å². The molecule has 14 heavy (non-hydrogen) atoms. The minimum atomic E-state index is -0.0393. The van der Waals surface area contributed by atoms with Crippen LogP contribution in [0.15, 0.2) is 18.5 Å². The summed E-state index contributed by atoms with van der Waals surface area (Å²) < 4.78 is 1.87. The first-order valence-electron chi connectivity index (χ1n) is 4.21. The largest absolute Gasteiger partial charge is 0.334 e. The maximum absolute atomic E-state index is 11.2. The molecule has 4 heteroatoms. The molecule has 3 nitrogen and oxygen atoms in total. The second kappa shape index (κ2) is 3.10. The van der Waals surface area contributed by atoms with Gasteiger partial charge >= 0.3 is 0 Å². The highest BCUT2D eigenvalue weighted by Gasteiger charge is 2.09. The molecule has 1 heterocycles. The molecule has 0 aliphatic heterocycles. The van der Waals surface area contributed by atoms with E-state index < -0.39 is 0 Å². The van der Waals surface area contributed by atoms with Crippen molar-refractivity contribution >= 4 is 28.4 Å². The average molecular weight is 209 g/mol. The third-order valence-corrected chi connectivity index (χ3v) is 2.51. The fourth-order valence-corrected chi connectivity index (χ4v) is 1.71. The van der Waals surface area contributed by atoms with Gasteiger partial charge in [-0.25, -0.2) is 4.98 Å². The van der Waals surface area contributed by atoms with Crippen LogP contribution in [-0.2, 0) is 7.05 Å². The molecule has 2 aromatic rings. The minimum Gasteiger partial charge on any atom is -0.334 e. The monoisotopic (exact) mass is 208 g/mol. The zero-order valence-electron chi connectivity index (χ0n) is 7.91. The Morgan fingerprint density at radius 2 is 2.21 bits per heavy atom. The highest BCUT2D eigenvalue weighted by Crippen LogP contribution is 2.23. The fraction of sp³-hybridized carbons (Fsp3) is 0.200. The van der Waals surface area contributed by atoms with Crippen LogP contribution >= 0.6 is 11.6 Å². The highest BCUT2D eigenvalue weighted by atomic mass is 35.5. The highest BCUT2D eigenvalue weighted by molar-refractivity contribution is 6.34. The molecule has 72 valence electrons. The normalized spacial score (nSPS) is 10.8. The number of nitrogens with zero attached hydrogens (tertiary/aromatic N) is 2. The van der Waals surface area contributed by atoms with Crippen LogP contribution in [0.2, 0.25) is 5.02 Å². The first-order valence-corrected chi connectivity index (χ1v) is 4.59. The Kier molecular flexibility index (Phi) is 2.04. The summed E-state index contributed by atoms with van der Waals surface area (Å²) in [5.74, 6) is -0.0393. The maximum atomic E-state index is 11.2. The molecule has 0 unspecified atom stereocenters. The number of halogens is 1. The zero-order valence-corrected chi connectivity index (χ0v) is 8.67. The summed E-state index contributed by atoms with van der Waals surface area (Å²) in [4.78, 5) is 15.4. The third-order valence-electron chi connectivity index (χ3n) is 2.19. The Labute approximate surface area is 86.3 Å². The molecular formula is C10H9ClN2O. The molecule has 0 aliphatic carbocycles. The van der Waals surface area contributed by atoms with Gasteiger partial charge in [-0.15, -0.1) is 0 Å². The van der Waals surface area contributed by atoms with E-state index in [4.69, 9.17) is 11.6 Å². The summed E-state index contributed by atoms with van der Waals surface area (Å²) in [5, 5.41) is 0.480. The van der Waals surface area contributed by atoms with Crippen LogP contribution in [0, 0.1) is 0 Å². The first kappa shape index (κ1) is 9.21. The molecule has 0 N–H and O–H groups in total. The van der Waals surface area contributed by atoms with E-state index in [-0.39, 0.29) is 5.78 Å². The van der Waals surface area contributed by atoms with Crippen molar-refractivity contribution in [3.63, 3.8) is 0 Å². The first-order chi connectivity index (χ1) is 6.59. The van der Waals surface area contributed by atoms with Gasteiger partial charge < -0.3 is 4.57 Å². The second-order valence-electron chi connectivity index (χ2n) is 3.23. The lowest BCUT2D eigenvalue weighted by Gasteiger charge is -2.00. The lowest BCUT2D eigenvalue weighted by molar-refractivity contribution is 0.101. The van der Waals surface area contributed by atoms with Crippen LogP contribution in [0.4, 0.5) is 0 Å². The lowest BCUT2D eigenvalue weighted by Crippen LogP contribution is -1.94. The number of carbonyl (C=O) groups excluding carboxylic acids is 1. The number of Topliss-reactive ketones (excluding diaryl/α,β-unsaturated/α-hetero) is 1. The van der Waals surface area contributed by atoms with Crippen LogP contribution in [0.5, 0.6) is 0 Å². The van der Waals surface area contributed by atoms with Crippen molar-refractivity contribution in [1.29, 1.82) is 0 Å². The number of benzene rings is 1. The number of ketones is 1. The number of fused-ring (bicyclic) bond motifs is 1. The van der Waals surface area contributed by atoms with Gasteiger partial charge in [0.25, 0.3) is 0 Å². The second-order valence-corrected chi connectivity index (χ2v) is 3.64. The summed E-state index contributed by atoms with van der Waals surface area (Å²) in [7, 11) is 1.89. The number of aryl methyl sites for hydroxylation is 1. The van der Waals surface area contributed by atoms with Crippen molar-refractivity contribution in [2.75, 3.05) is 0 Å². The van der Waals surface area contributed by atoms with Crippen molar-refractivity contribution in [2.45, 2.75) is 6.92 Å². The number of aromatic nitrogens is 2. The van der Waals surface area contributed by atoms with Gasteiger partial charge in [0.05, 0.1) is 22.4 Å². The Morgan fingerprint density at radius 1 is 1.50 bits per heavy atom. The van der Waals surface area contributed by atoms with Crippen LogP contribution in [0.25, 0.3) is 11.0 Å². The zero-order chi connectivity index (χ0) is 10.3. The molecule has 0 atom stereocenters. The topological polar surface area (TPSA) is 34.9 Å². The van der Waals surface area contributed by atoms with Gasteiger partial charge in [-0.1, -0.05) is 11.6 Å². The molecule has 0 bridgehead atoms. The number of imidazole rings is 1. The third kappa shape index (κ3) is 1.30. The lowest BCUT2D eigenvalue weighted by atomic mass is 10.1. The van der Waals surface area contributed by atoms with E-state index in [2.05, 4.69) is 4.98 Å². The summed E-state index contributed by atoms with van der Waals surface area (Å²) in [6.45, 7) is 1.50. The summed E-state index contributed by atoms with van der Waals surface area (Å²) in [6, 6.07) is 3.49. The van der Waals surface area contributed by atoms with Gasteiger partial charge in [-0.2, -0.15) is 0 Å². The van der Waals surface area contributed by atoms with Crippen LogP contribution in [0.1, 0.15) is 17.3 Å². The van der Waals surface area contributed by atoms with E-state index in [0.29, 0.717) is 10.6 Å². The Bertz CT molecular complexity index is 516. The van der Waals surface area contributed by atoms with E-state index >= 15 is 0 Å². The molecule has 0 amide bonds. The molecule has 0 fully saturated rings. The molecule has 0 radical (unpaired) electrons. The maximum Gasteiger partial charge on any atom is 0.161 e. The molecule has 0 saturated heterocycles. The van der Waals surface area contributed by atoms with Crippen molar-refractivity contribution in [2.24, 2.45) is 7.05 Å². The molecule has 0 saturated carbocycles. The molecule has 0 aliphatic rings. The summed E-state index contributed by atoms with van der Waals surface area (Å²) in [5.41, 5.74) is 2.25. The predicted molar refractivity (Wildman–Crippen MR) is 55.7 cm³/mol. The van der Waals surface area contributed by atoms with E-state index in [1.807, 2.05) is 11.6 Å². The van der Waals surface area contributed by atoms with Crippen LogP contribution in [-0.4, -0.2) is 15.3 Å². The van der Waals surface area contributed by atoms with E-state index in [9.17, 15) is 4.79 Å². The van der Waals surface area contributed by atoms with Gasteiger partial charge in [-0.05, 0) is 19.1 Å². The van der Waals surface area contributed by atoms with Gasteiger partial charge in [0.1, 0.15) is 0 Å². The standard InChI is InChI=1S/C10H9ClN2O/c1-6(14)7-3-9-10(4-8(7)11)13(2)5-12-9/h3-5H,1-2H3. The van der Waals surface area contributed by atoms with Gasteiger partial charge in [0.15, 0.2) is 5.78 Å². The molecule has 1 aromatic carbocycles. The average Bonchev–Trinajstić information content (AvgIpc) is 2.46. The minimum absolute atomic E-state index is 0.0393. The quantitative estimate of drug-likeness (QED) is 0.675. The van der Waals surface area contributed by atoms with Crippen molar-refractivity contribution in [1.82, 2.24) is 9.55 Å². The van der Waals surface area contributed by atoms with Crippen LogP contribution < -0.4 is 0 Å². The molecule has 0 spiro atoms. The SMILES string of the molecule is CC(=O)c1cc2ncn(C)c2cc1Cl. The predicted octanol–water partition coefficient (Wildman–Crippen LogP) is 2.43. The Balaban J connectivity index is 2.79. The van der Waals surface area contributed by atoms with Gasteiger partial charge in [0.2, 0.25) is 0 Å². The van der Waals surface area contributed by atoms with E-state index in [0.717, 1.165) is 11.0 Å². The van der Waals surface area contributed by atoms with E-state index in [1.165, 1.54) is 6.92 Å². The number of carbonyl (C=O) groups is 1. The van der Waals surface area contributed by atoms with Gasteiger partial charge in [0, 0.05) is 12.6 Å². The fourth-order valence-electron chi connectivity index (χ4n) is 1.42. The Hall–Kier alpha value is -1.35. The van der Waals surface area contributed by atoms with Crippen molar-refractivity contribution in [3.8, 4) is 0 Å². The molecule has 1 aromatic heterocycles. The number of rotatable bonds is 1. The van der Waals surface area contributed by atoms with Crippen molar-refractivity contribution in [3.05, 3.63) is 29.0 Å². The summed E-state index contributed by atoms with van der Waals surface area (Å²) >= 11 is 5.97. The number of hydrogen-bond acceptors (Lipinski definition) is 2. The molecule has 2 rings (SSSR count). The van der Waals surface area contributed by atoms with E-state index in [1.54, 1.807) is 18.5 Å². The summed E-state index contributed by atoms with van der Waals surface area (Å²) in [6.07, 6.45) is 1.70. The molecular weight excluding hydrogens is 200 g/mol. The van der Waals surface area contributed by atoms with Gasteiger partial charge in [-0.3, -0.25) is 4.79 Å². The number of hydrogen-bond donors (Lipinski definition) is 0. The smallest absolute Gasteiger partial charge is 0.161 e.